The molecular weight excluding hydrogens is 364 g/mol. The van der Waals surface area contributed by atoms with Gasteiger partial charge in [-0.25, -0.2) is 0 Å². The van der Waals surface area contributed by atoms with Gasteiger partial charge >= 0.3 is 5.97 Å². The van der Waals surface area contributed by atoms with Crippen LogP contribution in [0, 0.1) is 5.41 Å². The zero-order chi connectivity index (χ0) is 20.5. The highest BCUT2D eigenvalue weighted by Gasteiger charge is 2.18. The van der Waals surface area contributed by atoms with Crippen molar-refractivity contribution >= 4 is 17.7 Å². The molecule has 0 aromatic rings. The van der Waals surface area contributed by atoms with Crippen LogP contribution in [0.4, 0.5) is 0 Å². The first kappa shape index (κ1) is 24.3. The smallest absolute Gasteiger partial charge is 0.319 e. The van der Waals surface area contributed by atoms with Crippen molar-refractivity contribution in [3.05, 3.63) is 72.9 Å². The molecule has 3 heteroatoms. The quantitative estimate of drug-likeness (QED) is 0.246. The van der Waals surface area contributed by atoms with Gasteiger partial charge < -0.3 is 4.74 Å². The Labute approximate surface area is 176 Å². The van der Waals surface area contributed by atoms with Gasteiger partial charge in [0.15, 0.2) is 0 Å². The number of allylic oxidation sites excluding steroid dienone is 12. The molecule has 0 saturated carbocycles. The topological polar surface area (TPSA) is 26.3 Å². The molecule has 0 aromatic heterocycles. The number of ether oxygens (including phenoxy) is 1. The van der Waals surface area contributed by atoms with E-state index in [-0.39, 0.29) is 16.6 Å². The summed E-state index contributed by atoms with van der Waals surface area (Å²) in [6.07, 6.45) is 31.2. The highest BCUT2D eigenvalue weighted by atomic mass is 32.2. The van der Waals surface area contributed by atoms with Gasteiger partial charge in [0.1, 0.15) is 5.25 Å². The fourth-order valence-corrected chi connectivity index (χ4v) is 3.74. The van der Waals surface area contributed by atoms with E-state index in [1.165, 1.54) is 0 Å². The second kappa shape index (κ2) is 15.2. The van der Waals surface area contributed by atoms with Gasteiger partial charge in [-0.05, 0) is 44.8 Å². The molecule has 28 heavy (non-hydrogen) atoms. The summed E-state index contributed by atoms with van der Waals surface area (Å²) in [5.41, 5.74) is -0.0545. The lowest BCUT2D eigenvalue weighted by Crippen LogP contribution is -2.19. The van der Waals surface area contributed by atoms with Crippen LogP contribution in [0.3, 0.4) is 0 Å². The van der Waals surface area contributed by atoms with E-state index in [1.54, 1.807) is 11.8 Å². The van der Waals surface area contributed by atoms with Crippen molar-refractivity contribution in [2.45, 2.75) is 58.1 Å². The van der Waals surface area contributed by atoms with Crippen molar-refractivity contribution < 1.29 is 9.53 Å². The molecule has 1 atom stereocenters. The van der Waals surface area contributed by atoms with Crippen LogP contribution in [0.25, 0.3) is 0 Å². The summed E-state index contributed by atoms with van der Waals surface area (Å²) < 4.78 is 5.13. The first-order chi connectivity index (χ1) is 13.7. The summed E-state index contributed by atoms with van der Waals surface area (Å²) in [5.74, 6) is 0.819. The molecule has 2 nitrogen and oxygen atoms in total. The number of carbonyl (C=O) groups excluding carboxylic acids is 1. The Kier molecular flexibility index (Phi) is 13.2. The molecule has 0 bridgehead atoms. The summed E-state index contributed by atoms with van der Waals surface area (Å²) in [6, 6.07) is 0. The van der Waals surface area contributed by atoms with Crippen molar-refractivity contribution in [2.24, 2.45) is 5.41 Å². The number of hydrogen-bond donors (Lipinski definition) is 0. The number of carbonyl (C=O) groups is 1. The van der Waals surface area contributed by atoms with Gasteiger partial charge in [-0.1, -0.05) is 86.8 Å². The van der Waals surface area contributed by atoms with Gasteiger partial charge in [0.05, 0.1) is 6.61 Å². The first-order valence-electron chi connectivity index (χ1n) is 10.5. The first-order valence-corrected chi connectivity index (χ1v) is 11.5. The zero-order valence-electron chi connectivity index (χ0n) is 17.7. The highest BCUT2D eigenvalue weighted by molar-refractivity contribution is 8.00. The van der Waals surface area contributed by atoms with Gasteiger partial charge in [-0.3, -0.25) is 4.79 Å². The summed E-state index contributed by atoms with van der Waals surface area (Å²) in [6.45, 7) is 6.53. The number of esters is 1. The number of thioether (sulfide) groups is 1. The van der Waals surface area contributed by atoms with Crippen molar-refractivity contribution in [1.82, 2.24) is 0 Å². The van der Waals surface area contributed by atoms with Gasteiger partial charge in [0.25, 0.3) is 0 Å². The molecule has 1 aliphatic rings. The van der Waals surface area contributed by atoms with E-state index in [9.17, 15) is 4.79 Å². The van der Waals surface area contributed by atoms with Crippen LogP contribution in [0.1, 0.15) is 52.9 Å². The third-order valence-corrected chi connectivity index (χ3v) is 5.40. The van der Waals surface area contributed by atoms with Crippen molar-refractivity contribution in [1.29, 1.82) is 0 Å². The average molecular weight is 401 g/mol. The Morgan fingerprint density at radius 1 is 1.00 bits per heavy atom. The number of rotatable bonds is 13. The molecular formula is C25H36O2S. The van der Waals surface area contributed by atoms with Crippen molar-refractivity contribution in [2.75, 3.05) is 12.4 Å². The Morgan fingerprint density at radius 3 is 2.29 bits per heavy atom. The Hall–Kier alpha value is -1.74. The maximum Gasteiger partial charge on any atom is 0.319 e. The molecule has 0 heterocycles. The molecule has 0 N–H and O–H groups in total. The van der Waals surface area contributed by atoms with Crippen molar-refractivity contribution in [3.63, 3.8) is 0 Å². The lowest BCUT2D eigenvalue weighted by Gasteiger charge is -2.21. The van der Waals surface area contributed by atoms with Crippen LogP contribution in [0.2, 0.25) is 0 Å². The number of hydrogen-bond acceptors (Lipinski definition) is 3. The zero-order valence-corrected chi connectivity index (χ0v) is 18.5. The fraction of sp³-hybridized carbons (Fsp3) is 0.480. The Bertz CT molecular complexity index is 596. The van der Waals surface area contributed by atoms with Gasteiger partial charge in [0.2, 0.25) is 0 Å². The van der Waals surface area contributed by atoms with E-state index in [0.29, 0.717) is 6.61 Å². The lowest BCUT2D eigenvalue weighted by atomic mass is 9.83. The minimum Gasteiger partial charge on any atom is -0.465 e. The highest BCUT2D eigenvalue weighted by Crippen LogP contribution is 2.29. The van der Waals surface area contributed by atoms with Crippen LogP contribution in [-0.2, 0) is 9.53 Å². The summed E-state index contributed by atoms with van der Waals surface area (Å²) >= 11 is 1.65. The second-order valence-corrected chi connectivity index (χ2v) is 8.08. The predicted molar refractivity (Wildman–Crippen MR) is 125 cm³/mol. The lowest BCUT2D eigenvalue weighted by molar-refractivity contribution is -0.142. The van der Waals surface area contributed by atoms with Crippen LogP contribution in [-0.4, -0.2) is 23.6 Å². The van der Waals surface area contributed by atoms with E-state index in [4.69, 9.17) is 4.74 Å². The predicted octanol–water partition coefficient (Wildman–Crippen LogP) is 6.98. The largest absolute Gasteiger partial charge is 0.465 e. The molecule has 154 valence electrons. The Morgan fingerprint density at radius 2 is 1.64 bits per heavy atom. The SMILES string of the molecule is CC/C=C\C1(/C=C\C/C=C\C/C=C/CC(SCC)C(=O)OCC)C=CCC=C1. The molecule has 0 spiro atoms. The summed E-state index contributed by atoms with van der Waals surface area (Å²) in [7, 11) is 0. The van der Waals surface area contributed by atoms with E-state index in [1.807, 2.05) is 6.92 Å². The minimum absolute atomic E-state index is 0.0545. The van der Waals surface area contributed by atoms with Crippen LogP contribution in [0.5, 0.6) is 0 Å². The molecule has 0 aliphatic heterocycles. The van der Waals surface area contributed by atoms with Crippen LogP contribution in [0.15, 0.2) is 72.9 Å². The van der Waals surface area contributed by atoms with Crippen LogP contribution < -0.4 is 0 Å². The second-order valence-electron chi connectivity index (χ2n) is 6.60. The molecule has 1 aliphatic carbocycles. The third kappa shape index (κ3) is 9.98. The normalized spacial score (nSPS) is 17.4. The fourth-order valence-electron chi connectivity index (χ4n) is 2.88. The molecule has 0 radical (unpaired) electrons. The summed E-state index contributed by atoms with van der Waals surface area (Å²) in [4.78, 5) is 11.9. The van der Waals surface area contributed by atoms with Gasteiger partial charge in [-0.2, -0.15) is 0 Å². The Balaban J connectivity index is 2.40. The average Bonchev–Trinajstić information content (AvgIpc) is 2.71. The molecule has 0 aromatic carbocycles. The van der Waals surface area contributed by atoms with E-state index in [2.05, 4.69) is 86.8 Å². The maximum absolute atomic E-state index is 11.9. The van der Waals surface area contributed by atoms with E-state index >= 15 is 0 Å². The van der Waals surface area contributed by atoms with E-state index < -0.39 is 0 Å². The van der Waals surface area contributed by atoms with Gasteiger partial charge in [0, 0.05) is 5.41 Å². The molecule has 0 amide bonds. The summed E-state index contributed by atoms with van der Waals surface area (Å²) in [5, 5.41) is -0.0860. The van der Waals surface area contributed by atoms with Crippen LogP contribution >= 0.6 is 11.8 Å². The molecule has 0 fully saturated rings. The molecule has 1 rings (SSSR count). The maximum atomic E-state index is 11.9. The monoisotopic (exact) mass is 400 g/mol. The minimum atomic E-state index is -0.100. The van der Waals surface area contributed by atoms with E-state index in [0.717, 1.165) is 37.9 Å². The van der Waals surface area contributed by atoms with Crippen molar-refractivity contribution in [3.8, 4) is 0 Å². The standard InChI is InChI=1S/C25H36O2S/c1-4-7-19-25(21-16-13-17-22-25)20-15-12-10-8-9-11-14-18-23(28-6-3)24(26)27-5-2/h7-8,10-11,14-17,19-23H,4-6,9,12-13,18H2,1-3H3/b10-8-,14-11+,19-7-,20-15-. The molecule has 0 saturated heterocycles. The van der Waals surface area contributed by atoms with Gasteiger partial charge in [-0.15, -0.1) is 11.8 Å². The third-order valence-electron chi connectivity index (χ3n) is 4.28. The molecule has 1 unspecified atom stereocenters.